The minimum absolute atomic E-state index is 0.00772. The number of pyridine rings is 1. The molecule has 0 aromatic carbocycles. The highest BCUT2D eigenvalue weighted by Gasteiger charge is 2.36. The summed E-state index contributed by atoms with van der Waals surface area (Å²) >= 11 is 0. The maximum absolute atomic E-state index is 12.6. The summed E-state index contributed by atoms with van der Waals surface area (Å²) in [4.78, 5) is 26.3. The van der Waals surface area contributed by atoms with E-state index < -0.39 is 0 Å². The Morgan fingerprint density at radius 3 is 2.85 bits per heavy atom. The summed E-state index contributed by atoms with van der Waals surface area (Å²) < 4.78 is 11.9. The molecule has 0 spiro atoms. The molecule has 1 aromatic heterocycles. The Morgan fingerprint density at radius 1 is 1.45 bits per heavy atom. The van der Waals surface area contributed by atoms with Crippen molar-refractivity contribution in [2.45, 2.75) is 18.6 Å². The van der Waals surface area contributed by atoms with Gasteiger partial charge >= 0.3 is 0 Å². The van der Waals surface area contributed by atoms with Crippen LogP contribution in [0.15, 0.2) is 23.1 Å². The van der Waals surface area contributed by atoms with Crippen LogP contribution < -0.4 is 5.56 Å². The second-order valence-electron chi connectivity index (χ2n) is 5.00. The third kappa shape index (κ3) is 2.76. The number of carbonyl (C=O) groups is 1. The van der Waals surface area contributed by atoms with E-state index in [1.54, 1.807) is 44.5 Å². The lowest BCUT2D eigenvalue weighted by Gasteiger charge is -2.23. The van der Waals surface area contributed by atoms with Gasteiger partial charge in [-0.2, -0.15) is 0 Å². The summed E-state index contributed by atoms with van der Waals surface area (Å²) in [6.07, 6.45) is 2.35. The van der Waals surface area contributed by atoms with Gasteiger partial charge in [0.15, 0.2) is 0 Å². The van der Waals surface area contributed by atoms with Crippen molar-refractivity contribution in [2.75, 3.05) is 27.4 Å². The summed E-state index contributed by atoms with van der Waals surface area (Å²) in [5.41, 5.74) is -0.0950. The molecule has 6 nitrogen and oxygen atoms in total. The van der Waals surface area contributed by atoms with Crippen LogP contribution in [-0.2, 0) is 16.5 Å². The van der Waals surface area contributed by atoms with E-state index in [0.29, 0.717) is 13.2 Å². The van der Waals surface area contributed by atoms with Crippen LogP contribution in [0.3, 0.4) is 0 Å². The van der Waals surface area contributed by atoms with E-state index >= 15 is 0 Å². The number of hydrogen-bond donors (Lipinski definition) is 0. The standard InChI is InChI=1S/C14H20N2O4/c1-15-6-4-5-12(13(15)17)14(18)16-8-11(20-3)7-10(16)9-19-2/h4-6,10-11H,7-9H2,1-3H3/t10-,11-/m0/s1. The SMILES string of the molecule is COC[C@@H]1C[C@H](OC)CN1C(=O)c1cccn(C)c1=O. The largest absolute Gasteiger partial charge is 0.383 e. The molecule has 1 aliphatic rings. The number of rotatable bonds is 4. The molecule has 0 unspecified atom stereocenters. The summed E-state index contributed by atoms with van der Waals surface area (Å²) in [5, 5.41) is 0. The zero-order valence-electron chi connectivity index (χ0n) is 12.0. The predicted octanol–water partition coefficient (Wildman–Crippen LogP) is 0.261. The quantitative estimate of drug-likeness (QED) is 0.794. The minimum Gasteiger partial charge on any atom is -0.383 e. The molecule has 1 fully saturated rings. The number of hydrogen-bond acceptors (Lipinski definition) is 4. The van der Waals surface area contributed by atoms with Crippen molar-refractivity contribution >= 4 is 5.91 Å². The van der Waals surface area contributed by atoms with Gasteiger partial charge < -0.3 is 18.9 Å². The fourth-order valence-corrected chi connectivity index (χ4v) is 2.56. The summed E-state index contributed by atoms with van der Waals surface area (Å²) in [5.74, 6) is -0.257. The summed E-state index contributed by atoms with van der Waals surface area (Å²) in [7, 11) is 4.86. The van der Waals surface area contributed by atoms with Crippen LogP contribution in [0.1, 0.15) is 16.8 Å². The van der Waals surface area contributed by atoms with Gasteiger partial charge in [-0.25, -0.2) is 0 Å². The van der Waals surface area contributed by atoms with Gasteiger partial charge in [-0.15, -0.1) is 0 Å². The number of methoxy groups -OCH3 is 2. The minimum atomic E-state index is -0.283. The normalized spacial score (nSPS) is 22.2. The van der Waals surface area contributed by atoms with Crippen LogP contribution in [0.2, 0.25) is 0 Å². The second kappa shape index (κ2) is 6.19. The number of ether oxygens (including phenoxy) is 2. The molecule has 0 bridgehead atoms. The molecule has 6 heteroatoms. The van der Waals surface area contributed by atoms with Gasteiger partial charge in [-0.05, 0) is 18.6 Å². The molecule has 2 rings (SSSR count). The molecule has 1 aliphatic heterocycles. The Labute approximate surface area is 117 Å². The summed E-state index contributed by atoms with van der Waals surface area (Å²) in [6, 6.07) is 3.21. The lowest BCUT2D eigenvalue weighted by molar-refractivity contribution is 0.0610. The number of nitrogens with zero attached hydrogens (tertiary/aromatic N) is 2. The Morgan fingerprint density at radius 2 is 2.20 bits per heavy atom. The lowest BCUT2D eigenvalue weighted by atomic mass is 10.2. The van der Waals surface area contributed by atoms with Crippen molar-refractivity contribution in [2.24, 2.45) is 7.05 Å². The van der Waals surface area contributed by atoms with Crippen molar-refractivity contribution in [3.63, 3.8) is 0 Å². The van der Waals surface area contributed by atoms with E-state index in [1.807, 2.05) is 0 Å². The number of likely N-dealkylation sites (tertiary alicyclic amines) is 1. The molecule has 1 amide bonds. The third-order valence-corrected chi connectivity index (χ3v) is 3.68. The molecule has 2 atom stereocenters. The highest BCUT2D eigenvalue weighted by Crippen LogP contribution is 2.21. The van der Waals surface area contributed by atoms with Gasteiger partial charge in [0.25, 0.3) is 11.5 Å². The molecule has 2 heterocycles. The number of aryl methyl sites for hydroxylation is 1. The van der Waals surface area contributed by atoms with Gasteiger partial charge in [0.2, 0.25) is 0 Å². The molecule has 20 heavy (non-hydrogen) atoms. The number of aromatic nitrogens is 1. The van der Waals surface area contributed by atoms with Crippen molar-refractivity contribution in [1.29, 1.82) is 0 Å². The van der Waals surface area contributed by atoms with Gasteiger partial charge in [0, 0.05) is 34.0 Å². The topological polar surface area (TPSA) is 60.8 Å². The molecule has 110 valence electrons. The fourth-order valence-electron chi connectivity index (χ4n) is 2.56. The molecular weight excluding hydrogens is 260 g/mol. The predicted molar refractivity (Wildman–Crippen MR) is 73.8 cm³/mol. The van der Waals surface area contributed by atoms with E-state index in [2.05, 4.69) is 0 Å². The highest BCUT2D eigenvalue weighted by molar-refractivity contribution is 5.94. The first-order chi connectivity index (χ1) is 9.58. The van der Waals surface area contributed by atoms with Gasteiger partial charge in [0.05, 0.1) is 18.8 Å². The van der Waals surface area contributed by atoms with Crippen LogP contribution >= 0.6 is 0 Å². The average Bonchev–Trinajstić information content (AvgIpc) is 2.85. The number of amides is 1. The highest BCUT2D eigenvalue weighted by atomic mass is 16.5. The van der Waals surface area contributed by atoms with Gasteiger partial charge in [-0.3, -0.25) is 9.59 Å². The van der Waals surface area contributed by atoms with Crippen molar-refractivity contribution < 1.29 is 14.3 Å². The van der Waals surface area contributed by atoms with Crippen LogP contribution in [0.25, 0.3) is 0 Å². The van der Waals surface area contributed by atoms with Crippen LogP contribution in [0.4, 0.5) is 0 Å². The zero-order valence-corrected chi connectivity index (χ0v) is 12.0. The first-order valence-electron chi connectivity index (χ1n) is 6.56. The van der Waals surface area contributed by atoms with Gasteiger partial charge in [0.1, 0.15) is 5.56 Å². The second-order valence-corrected chi connectivity index (χ2v) is 5.00. The van der Waals surface area contributed by atoms with E-state index in [4.69, 9.17) is 9.47 Å². The zero-order chi connectivity index (χ0) is 14.7. The van der Waals surface area contributed by atoms with Gasteiger partial charge in [-0.1, -0.05) is 0 Å². The first kappa shape index (κ1) is 14.7. The molecule has 1 aromatic rings. The number of carbonyl (C=O) groups excluding carboxylic acids is 1. The maximum Gasteiger partial charge on any atom is 0.263 e. The molecule has 0 N–H and O–H groups in total. The third-order valence-electron chi connectivity index (χ3n) is 3.68. The molecule has 0 saturated carbocycles. The Kier molecular flexibility index (Phi) is 4.57. The van der Waals surface area contributed by atoms with Crippen LogP contribution in [0.5, 0.6) is 0 Å². The molecule has 1 saturated heterocycles. The first-order valence-corrected chi connectivity index (χ1v) is 6.56. The average molecular weight is 280 g/mol. The van der Waals surface area contributed by atoms with Crippen molar-refractivity contribution in [3.8, 4) is 0 Å². The Bertz CT molecular complexity index is 540. The monoisotopic (exact) mass is 280 g/mol. The lowest BCUT2D eigenvalue weighted by Crippen LogP contribution is -2.41. The fraction of sp³-hybridized carbons (Fsp3) is 0.571. The Hall–Kier alpha value is -1.66. The van der Waals surface area contributed by atoms with E-state index in [-0.39, 0.29) is 29.2 Å². The van der Waals surface area contributed by atoms with Crippen LogP contribution in [0, 0.1) is 0 Å². The van der Waals surface area contributed by atoms with Crippen molar-refractivity contribution in [1.82, 2.24) is 9.47 Å². The van der Waals surface area contributed by atoms with E-state index in [0.717, 1.165) is 6.42 Å². The molecule has 0 radical (unpaired) electrons. The maximum atomic E-state index is 12.6. The Balaban J connectivity index is 2.27. The van der Waals surface area contributed by atoms with E-state index in [9.17, 15) is 9.59 Å². The van der Waals surface area contributed by atoms with Crippen molar-refractivity contribution in [3.05, 3.63) is 34.2 Å². The smallest absolute Gasteiger partial charge is 0.263 e. The molecular formula is C14H20N2O4. The summed E-state index contributed by atoms with van der Waals surface area (Å²) in [6.45, 7) is 0.931. The van der Waals surface area contributed by atoms with E-state index in [1.165, 1.54) is 4.57 Å². The molecule has 0 aliphatic carbocycles. The van der Waals surface area contributed by atoms with Crippen LogP contribution in [-0.4, -0.2) is 54.9 Å².